The van der Waals surface area contributed by atoms with Crippen molar-refractivity contribution >= 4 is 11.9 Å². The summed E-state index contributed by atoms with van der Waals surface area (Å²) in [6.07, 6.45) is -11.0. The summed E-state index contributed by atoms with van der Waals surface area (Å²) in [6, 6.07) is 1.36. The zero-order valence-electron chi connectivity index (χ0n) is 15.4. The van der Waals surface area contributed by atoms with Gasteiger partial charge in [-0.2, -0.15) is 26.3 Å². The summed E-state index contributed by atoms with van der Waals surface area (Å²) in [5, 5.41) is 2.25. The van der Waals surface area contributed by atoms with Gasteiger partial charge in [0.15, 0.2) is 0 Å². The number of alkyl halides is 6. The van der Waals surface area contributed by atoms with Gasteiger partial charge in [-0.15, -0.1) is 0 Å². The van der Waals surface area contributed by atoms with E-state index in [9.17, 15) is 35.9 Å². The maximum absolute atomic E-state index is 13.1. The van der Waals surface area contributed by atoms with Crippen LogP contribution < -0.4 is 5.32 Å². The summed E-state index contributed by atoms with van der Waals surface area (Å²) in [4.78, 5) is 28.1. The van der Waals surface area contributed by atoms with Gasteiger partial charge in [0, 0.05) is 12.2 Å². The molecule has 162 valence electrons. The van der Waals surface area contributed by atoms with Crippen molar-refractivity contribution in [3.8, 4) is 0 Å². The van der Waals surface area contributed by atoms with Crippen LogP contribution in [0.1, 0.15) is 42.2 Å². The molecule has 1 aliphatic rings. The average molecular weight is 426 g/mol. The lowest BCUT2D eigenvalue weighted by Crippen LogP contribution is -2.47. The number of carbonyl (C=O) groups is 2. The highest BCUT2D eigenvalue weighted by Crippen LogP contribution is 2.45. The number of nitrogens with zero attached hydrogens (tertiary/aromatic N) is 1. The molecule has 11 heteroatoms. The van der Waals surface area contributed by atoms with Crippen molar-refractivity contribution in [2.45, 2.75) is 51.0 Å². The Bertz CT molecular complexity index is 713. The summed E-state index contributed by atoms with van der Waals surface area (Å²) >= 11 is 0. The number of rotatable bonds is 5. The van der Waals surface area contributed by atoms with Crippen LogP contribution in [0.5, 0.6) is 0 Å². The number of ether oxygens (including phenoxy) is 1. The molecule has 1 heterocycles. The Morgan fingerprint density at radius 3 is 2.21 bits per heavy atom. The molecule has 0 aromatic carbocycles. The summed E-state index contributed by atoms with van der Waals surface area (Å²) in [5.41, 5.74) is -0.0720. The molecule has 29 heavy (non-hydrogen) atoms. The molecule has 5 nitrogen and oxygen atoms in total. The third-order valence-electron chi connectivity index (χ3n) is 4.72. The van der Waals surface area contributed by atoms with Crippen molar-refractivity contribution in [2.75, 3.05) is 6.61 Å². The van der Waals surface area contributed by atoms with Crippen molar-refractivity contribution in [1.29, 1.82) is 0 Å². The lowest BCUT2D eigenvalue weighted by atomic mass is 9.77. The Kier molecular flexibility index (Phi) is 7.12. The Hall–Kier alpha value is -2.33. The van der Waals surface area contributed by atoms with Crippen molar-refractivity contribution in [2.24, 2.45) is 11.8 Å². The molecule has 1 aliphatic carbocycles. The molecule has 0 radical (unpaired) electrons. The third kappa shape index (κ3) is 6.33. The highest BCUT2D eigenvalue weighted by molar-refractivity contribution is 5.96. The Labute approximate surface area is 162 Å². The van der Waals surface area contributed by atoms with Crippen molar-refractivity contribution in [3.63, 3.8) is 0 Å². The molecule has 1 amide bonds. The van der Waals surface area contributed by atoms with Gasteiger partial charge in [-0.05, 0) is 38.3 Å². The predicted octanol–water partition coefficient (Wildman–Crippen LogP) is 3.83. The van der Waals surface area contributed by atoms with Gasteiger partial charge in [0.05, 0.1) is 36.1 Å². The molecular formula is C18H20F6N2O3. The molecule has 0 spiro atoms. The highest BCUT2D eigenvalue weighted by Gasteiger charge is 2.52. The molecule has 2 unspecified atom stereocenters. The molecular weight excluding hydrogens is 406 g/mol. The van der Waals surface area contributed by atoms with Gasteiger partial charge in [-0.25, -0.2) is 0 Å². The first-order valence-corrected chi connectivity index (χ1v) is 8.95. The summed E-state index contributed by atoms with van der Waals surface area (Å²) in [6.45, 7) is 1.69. The topological polar surface area (TPSA) is 68.3 Å². The minimum atomic E-state index is -4.80. The third-order valence-corrected chi connectivity index (χ3v) is 4.72. The first-order chi connectivity index (χ1) is 13.4. The molecule has 0 bridgehead atoms. The van der Waals surface area contributed by atoms with Crippen LogP contribution in [0.15, 0.2) is 18.3 Å². The highest BCUT2D eigenvalue weighted by atomic mass is 19.4. The molecule has 0 aliphatic heterocycles. The van der Waals surface area contributed by atoms with Crippen molar-refractivity contribution in [3.05, 3.63) is 29.6 Å². The maximum atomic E-state index is 13.1. The van der Waals surface area contributed by atoms with Gasteiger partial charge in [-0.1, -0.05) is 0 Å². The summed E-state index contributed by atoms with van der Waals surface area (Å²) in [5.74, 6) is -5.87. The normalized spacial score (nSPS) is 22.8. The zero-order valence-corrected chi connectivity index (χ0v) is 15.4. The van der Waals surface area contributed by atoms with E-state index in [-0.39, 0.29) is 24.3 Å². The standard InChI is InChI=1S/C18H20F6N2O3/c1-2-29-15(27)9-14-13(4-3-5-25-14)16(28)26-12-7-10(17(19,20)21)6-11(8-12)18(22,23)24/h3-5,10-12H,2,6-9H2,1H3,(H,26,28). The predicted molar refractivity (Wildman–Crippen MR) is 88.8 cm³/mol. The number of aromatic nitrogens is 1. The molecule has 1 aromatic heterocycles. The molecule has 1 saturated carbocycles. The molecule has 1 aromatic rings. The lowest BCUT2D eigenvalue weighted by molar-refractivity contribution is -0.225. The number of pyridine rings is 1. The zero-order chi connectivity index (χ0) is 21.8. The molecule has 1 N–H and O–H groups in total. The molecule has 0 saturated heterocycles. The number of carbonyl (C=O) groups excluding carboxylic acids is 2. The van der Waals surface area contributed by atoms with E-state index < -0.39 is 61.4 Å². The van der Waals surface area contributed by atoms with Gasteiger partial charge < -0.3 is 10.1 Å². The number of hydrogen-bond donors (Lipinski definition) is 1. The van der Waals surface area contributed by atoms with Gasteiger partial charge >= 0.3 is 18.3 Å². The summed E-state index contributed by atoms with van der Waals surface area (Å²) < 4.78 is 83.2. The molecule has 2 rings (SSSR count). The largest absolute Gasteiger partial charge is 0.466 e. The number of esters is 1. The SMILES string of the molecule is CCOC(=O)Cc1ncccc1C(=O)NC1CC(C(F)(F)F)CC(C(F)(F)F)C1. The first kappa shape index (κ1) is 23.0. The number of nitrogens with one attached hydrogen (secondary N) is 1. The fourth-order valence-electron chi connectivity index (χ4n) is 3.37. The van der Waals surface area contributed by atoms with E-state index in [1.54, 1.807) is 6.92 Å². The Balaban J connectivity index is 2.17. The molecule has 1 fully saturated rings. The molecule has 2 atom stereocenters. The van der Waals surface area contributed by atoms with E-state index in [0.717, 1.165) is 0 Å². The van der Waals surface area contributed by atoms with E-state index in [2.05, 4.69) is 10.3 Å². The second-order valence-electron chi connectivity index (χ2n) is 6.83. The maximum Gasteiger partial charge on any atom is 0.391 e. The van der Waals surface area contributed by atoms with E-state index in [0.29, 0.717) is 0 Å². The van der Waals surface area contributed by atoms with Gasteiger partial charge in [-0.3, -0.25) is 14.6 Å². The number of amides is 1. The van der Waals surface area contributed by atoms with Gasteiger partial charge in [0.25, 0.3) is 5.91 Å². The van der Waals surface area contributed by atoms with E-state index in [1.165, 1.54) is 18.3 Å². The van der Waals surface area contributed by atoms with E-state index in [4.69, 9.17) is 4.74 Å². The van der Waals surface area contributed by atoms with Crippen LogP contribution in [0.3, 0.4) is 0 Å². The van der Waals surface area contributed by atoms with Crippen LogP contribution in [0.4, 0.5) is 26.3 Å². The lowest BCUT2D eigenvalue weighted by Gasteiger charge is -2.37. The van der Waals surface area contributed by atoms with Gasteiger partial charge in [0.2, 0.25) is 0 Å². The van der Waals surface area contributed by atoms with Gasteiger partial charge in [0.1, 0.15) is 0 Å². The van der Waals surface area contributed by atoms with Crippen LogP contribution in [0.2, 0.25) is 0 Å². The van der Waals surface area contributed by atoms with Crippen LogP contribution in [0, 0.1) is 11.8 Å². The van der Waals surface area contributed by atoms with Crippen LogP contribution in [-0.4, -0.2) is 41.9 Å². The van der Waals surface area contributed by atoms with Crippen molar-refractivity contribution < 1.29 is 40.7 Å². The Morgan fingerprint density at radius 2 is 1.69 bits per heavy atom. The van der Waals surface area contributed by atoms with Crippen LogP contribution >= 0.6 is 0 Å². The number of hydrogen-bond acceptors (Lipinski definition) is 4. The van der Waals surface area contributed by atoms with Crippen LogP contribution in [0.25, 0.3) is 0 Å². The quantitative estimate of drug-likeness (QED) is 0.574. The fraction of sp³-hybridized carbons (Fsp3) is 0.611. The van der Waals surface area contributed by atoms with E-state index in [1.807, 2.05) is 0 Å². The average Bonchev–Trinajstić information content (AvgIpc) is 2.60. The first-order valence-electron chi connectivity index (χ1n) is 8.95. The second-order valence-corrected chi connectivity index (χ2v) is 6.83. The second kappa shape index (κ2) is 9.00. The van der Waals surface area contributed by atoms with E-state index >= 15 is 0 Å². The minimum absolute atomic E-state index is 0.0269. The van der Waals surface area contributed by atoms with Crippen molar-refractivity contribution in [1.82, 2.24) is 10.3 Å². The minimum Gasteiger partial charge on any atom is -0.466 e. The smallest absolute Gasteiger partial charge is 0.391 e. The fourth-order valence-corrected chi connectivity index (χ4v) is 3.37. The summed E-state index contributed by atoms with van der Waals surface area (Å²) in [7, 11) is 0. The van der Waals surface area contributed by atoms with Crippen LogP contribution in [-0.2, 0) is 16.0 Å². The number of halogens is 6. The Morgan fingerprint density at radius 1 is 1.10 bits per heavy atom. The monoisotopic (exact) mass is 426 g/mol.